The lowest BCUT2D eigenvalue weighted by Gasteiger charge is -2.26. The number of hydrogen-bond acceptors (Lipinski definition) is 4. The van der Waals surface area contributed by atoms with Gasteiger partial charge in [0, 0.05) is 19.2 Å². The minimum absolute atomic E-state index is 0.0945. The van der Waals surface area contributed by atoms with Crippen LogP contribution in [-0.2, 0) is 4.79 Å². The first-order chi connectivity index (χ1) is 12.1. The fraction of sp³-hybridized carbons (Fsp3) is 0.474. The van der Waals surface area contributed by atoms with Crippen LogP contribution in [0.15, 0.2) is 40.1 Å². The zero-order valence-electron chi connectivity index (χ0n) is 14.4. The van der Waals surface area contributed by atoms with Gasteiger partial charge in [-0.25, -0.2) is 9.37 Å². The average molecular weight is 362 g/mol. The number of aromatic nitrogens is 1. The number of oxazole rings is 1. The first-order valence-corrected chi connectivity index (χ1v) is 9.69. The number of hydrogen-bond donors (Lipinski definition) is 0. The van der Waals surface area contributed by atoms with E-state index in [1.807, 2.05) is 11.9 Å². The fourth-order valence-electron chi connectivity index (χ4n) is 3.16. The molecule has 6 heteroatoms. The summed E-state index contributed by atoms with van der Waals surface area (Å²) < 4.78 is 18.6. The standard InChI is InChI=1S/C19H23FN2O2S/c1-22(12-14-5-3-2-4-6-14)18(23)13-25-19-21-11-17(24-19)15-7-9-16(20)10-8-15/h7-11,14H,2-6,12-13H2,1H3. The van der Waals surface area contributed by atoms with Crippen molar-refractivity contribution < 1.29 is 13.6 Å². The van der Waals surface area contributed by atoms with Gasteiger partial charge in [0.2, 0.25) is 5.91 Å². The average Bonchev–Trinajstić information content (AvgIpc) is 3.10. The van der Waals surface area contributed by atoms with Crippen LogP contribution < -0.4 is 0 Å². The summed E-state index contributed by atoms with van der Waals surface area (Å²) in [6, 6.07) is 6.06. The Hall–Kier alpha value is -1.82. The molecule has 4 nitrogen and oxygen atoms in total. The van der Waals surface area contributed by atoms with Crippen LogP contribution in [0.5, 0.6) is 0 Å². The number of halogens is 1. The third-order valence-electron chi connectivity index (χ3n) is 4.61. The van der Waals surface area contributed by atoms with Crippen LogP contribution in [0.4, 0.5) is 4.39 Å². The lowest BCUT2D eigenvalue weighted by atomic mass is 9.89. The van der Waals surface area contributed by atoms with Gasteiger partial charge in [-0.2, -0.15) is 0 Å². The highest BCUT2D eigenvalue weighted by molar-refractivity contribution is 7.99. The molecule has 1 aromatic heterocycles. The molecule has 1 saturated carbocycles. The number of rotatable bonds is 6. The van der Waals surface area contributed by atoms with Crippen LogP contribution in [0.2, 0.25) is 0 Å². The molecule has 0 spiro atoms. The highest BCUT2D eigenvalue weighted by Crippen LogP contribution is 2.27. The summed E-state index contributed by atoms with van der Waals surface area (Å²) in [6.45, 7) is 0.839. The molecule has 1 aromatic carbocycles. The molecule has 1 heterocycles. The fourth-order valence-corrected chi connectivity index (χ4v) is 3.91. The second kappa shape index (κ2) is 8.52. The molecule has 0 atom stereocenters. The van der Waals surface area contributed by atoms with Gasteiger partial charge in [-0.15, -0.1) is 0 Å². The van der Waals surface area contributed by atoms with Crippen molar-refractivity contribution in [2.45, 2.75) is 37.3 Å². The minimum Gasteiger partial charge on any atom is -0.431 e. The summed E-state index contributed by atoms with van der Waals surface area (Å²) in [7, 11) is 1.87. The smallest absolute Gasteiger partial charge is 0.256 e. The van der Waals surface area contributed by atoms with E-state index in [9.17, 15) is 9.18 Å². The van der Waals surface area contributed by atoms with Gasteiger partial charge >= 0.3 is 0 Å². The molecule has 1 aliphatic carbocycles. The highest BCUT2D eigenvalue weighted by Gasteiger charge is 2.19. The number of thioether (sulfide) groups is 1. The monoisotopic (exact) mass is 362 g/mol. The molecule has 0 bridgehead atoms. The van der Waals surface area contributed by atoms with Crippen LogP contribution in [0.3, 0.4) is 0 Å². The first-order valence-electron chi connectivity index (χ1n) is 8.70. The van der Waals surface area contributed by atoms with E-state index in [0.29, 0.717) is 22.7 Å². The van der Waals surface area contributed by atoms with Crippen LogP contribution in [-0.4, -0.2) is 35.1 Å². The van der Waals surface area contributed by atoms with Gasteiger partial charge in [0.25, 0.3) is 5.22 Å². The van der Waals surface area contributed by atoms with Gasteiger partial charge < -0.3 is 9.32 Å². The summed E-state index contributed by atoms with van der Waals surface area (Å²) in [6.07, 6.45) is 7.95. The molecule has 0 unspecified atom stereocenters. The Labute approximate surface area is 151 Å². The van der Waals surface area contributed by atoms with E-state index >= 15 is 0 Å². The van der Waals surface area contributed by atoms with Crippen LogP contribution in [0.1, 0.15) is 32.1 Å². The molecule has 1 aliphatic rings. The summed E-state index contributed by atoms with van der Waals surface area (Å²) >= 11 is 1.29. The van der Waals surface area contributed by atoms with Gasteiger partial charge in [-0.3, -0.25) is 4.79 Å². The Bertz CT molecular complexity index is 696. The third-order valence-corrected chi connectivity index (χ3v) is 5.44. The van der Waals surface area contributed by atoms with E-state index in [1.165, 1.54) is 56.0 Å². The zero-order valence-corrected chi connectivity index (χ0v) is 15.2. The summed E-state index contributed by atoms with van der Waals surface area (Å²) in [5.74, 6) is 1.33. The summed E-state index contributed by atoms with van der Waals surface area (Å²) in [5.41, 5.74) is 0.765. The summed E-state index contributed by atoms with van der Waals surface area (Å²) in [4.78, 5) is 18.3. The lowest BCUT2D eigenvalue weighted by Crippen LogP contribution is -2.33. The molecule has 3 rings (SSSR count). The SMILES string of the molecule is CN(CC1CCCCC1)C(=O)CSc1ncc(-c2ccc(F)cc2)o1. The van der Waals surface area contributed by atoms with Crippen molar-refractivity contribution in [3.63, 3.8) is 0 Å². The van der Waals surface area contributed by atoms with Crippen molar-refractivity contribution in [1.82, 2.24) is 9.88 Å². The quantitative estimate of drug-likeness (QED) is 0.704. The van der Waals surface area contributed by atoms with E-state index in [0.717, 1.165) is 12.1 Å². The predicted molar refractivity (Wildman–Crippen MR) is 96.8 cm³/mol. The van der Waals surface area contributed by atoms with E-state index < -0.39 is 0 Å². The second-order valence-electron chi connectivity index (χ2n) is 6.56. The Morgan fingerprint density at radius 3 is 2.72 bits per heavy atom. The number of carbonyl (C=O) groups is 1. The van der Waals surface area contributed by atoms with E-state index in [-0.39, 0.29) is 11.7 Å². The van der Waals surface area contributed by atoms with Gasteiger partial charge in [-0.05, 0) is 43.0 Å². The maximum absolute atomic E-state index is 13.0. The number of amides is 1. The number of benzene rings is 1. The van der Waals surface area contributed by atoms with Gasteiger partial charge in [0.05, 0.1) is 11.9 Å². The summed E-state index contributed by atoms with van der Waals surface area (Å²) in [5, 5.41) is 0.457. The highest BCUT2D eigenvalue weighted by atomic mass is 32.2. The molecule has 0 N–H and O–H groups in total. The number of nitrogens with zero attached hydrogens (tertiary/aromatic N) is 2. The van der Waals surface area contributed by atoms with Gasteiger partial charge in [-0.1, -0.05) is 31.0 Å². The van der Waals surface area contributed by atoms with E-state index in [4.69, 9.17) is 4.42 Å². The molecule has 1 fully saturated rings. The Morgan fingerprint density at radius 1 is 1.28 bits per heavy atom. The molecule has 2 aromatic rings. The van der Waals surface area contributed by atoms with E-state index in [1.54, 1.807) is 18.3 Å². The Balaban J connectivity index is 1.49. The normalized spacial score (nSPS) is 15.3. The van der Waals surface area contributed by atoms with Crippen molar-refractivity contribution in [2.75, 3.05) is 19.3 Å². The van der Waals surface area contributed by atoms with Crippen LogP contribution >= 0.6 is 11.8 Å². The third kappa shape index (κ3) is 5.08. The maximum Gasteiger partial charge on any atom is 0.256 e. The van der Waals surface area contributed by atoms with Crippen molar-refractivity contribution in [2.24, 2.45) is 5.92 Å². The molecule has 134 valence electrons. The Morgan fingerprint density at radius 2 is 2.00 bits per heavy atom. The van der Waals surface area contributed by atoms with Gasteiger partial charge in [0.15, 0.2) is 5.76 Å². The Kier molecular flexibility index (Phi) is 6.13. The first kappa shape index (κ1) is 18.0. The van der Waals surface area contributed by atoms with Crippen molar-refractivity contribution in [3.8, 4) is 11.3 Å². The second-order valence-corrected chi connectivity index (χ2v) is 7.49. The number of carbonyl (C=O) groups excluding carboxylic acids is 1. The van der Waals surface area contributed by atoms with Crippen LogP contribution in [0, 0.1) is 11.7 Å². The largest absolute Gasteiger partial charge is 0.431 e. The molecule has 0 aliphatic heterocycles. The minimum atomic E-state index is -0.288. The molecule has 25 heavy (non-hydrogen) atoms. The topological polar surface area (TPSA) is 46.3 Å². The molecular weight excluding hydrogens is 339 g/mol. The predicted octanol–water partition coefficient (Wildman–Crippen LogP) is 4.61. The zero-order chi connectivity index (χ0) is 17.6. The molecule has 1 amide bonds. The van der Waals surface area contributed by atoms with Crippen molar-refractivity contribution in [1.29, 1.82) is 0 Å². The lowest BCUT2D eigenvalue weighted by molar-refractivity contribution is -0.127. The van der Waals surface area contributed by atoms with E-state index in [2.05, 4.69) is 4.98 Å². The van der Waals surface area contributed by atoms with Crippen molar-refractivity contribution in [3.05, 3.63) is 36.3 Å². The molecule has 0 radical (unpaired) electrons. The van der Waals surface area contributed by atoms with Gasteiger partial charge in [0.1, 0.15) is 5.82 Å². The maximum atomic E-state index is 13.0. The molecule has 0 saturated heterocycles. The van der Waals surface area contributed by atoms with Crippen molar-refractivity contribution >= 4 is 17.7 Å². The molecular formula is C19H23FN2O2S. The van der Waals surface area contributed by atoms with Crippen LogP contribution in [0.25, 0.3) is 11.3 Å².